The lowest BCUT2D eigenvalue weighted by Gasteiger charge is -2.30. The van der Waals surface area contributed by atoms with Crippen LogP contribution in [0.2, 0.25) is 0 Å². The van der Waals surface area contributed by atoms with Crippen molar-refractivity contribution in [1.29, 1.82) is 0 Å². The molecule has 0 aromatic carbocycles. The highest BCUT2D eigenvalue weighted by atomic mass is 32.2. The smallest absolute Gasteiger partial charge is 0.224 e. The standard InChI is InChI=1S/C15H24N4O3S/c1-18(2)14-12(6-4-8-16-14)10-17-15(20)13-7-5-9-19(11-13)23(3,21)22/h4,6,8,13H,5,7,9-11H2,1-3H3,(H,17,20). The summed E-state index contributed by atoms with van der Waals surface area (Å²) in [6.07, 6.45) is 4.32. The Bertz CT molecular complexity index is 660. The normalized spacial score (nSPS) is 19.3. The molecule has 2 rings (SSSR count). The van der Waals surface area contributed by atoms with E-state index in [0.29, 0.717) is 25.9 Å². The molecule has 128 valence electrons. The minimum absolute atomic E-state index is 0.105. The van der Waals surface area contributed by atoms with E-state index in [1.165, 1.54) is 10.6 Å². The van der Waals surface area contributed by atoms with Crippen molar-refractivity contribution in [2.75, 3.05) is 38.3 Å². The van der Waals surface area contributed by atoms with Crippen LogP contribution in [-0.2, 0) is 21.4 Å². The van der Waals surface area contributed by atoms with Gasteiger partial charge in [-0.05, 0) is 18.9 Å². The summed E-state index contributed by atoms with van der Waals surface area (Å²) in [5, 5.41) is 2.91. The Balaban J connectivity index is 1.98. The van der Waals surface area contributed by atoms with Gasteiger partial charge in [0.2, 0.25) is 15.9 Å². The summed E-state index contributed by atoms with van der Waals surface area (Å²) < 4.78 is 24.7. The van der Waals surface area contributed by atoms with E-state index in [1.54, 1.807) is 6.20 Å². The predicted octanol–water partition coefficient (Wildman–Crippen LogP) is 0.435. The first-order valence-corrected chi connectivity index (χ1v) is 9.48. The number of aromatic nitrogens is 1. The first kappa shape index (κ1) is 17.7. The molecular weight excluding hydrogens is 316 g/mol. The largest absolute Gasteiger partial charge is 0.362 e. The number of hydrogen-bond donors (Lipinski definition) is 1. The molecule has 0 spiro atoms. The summed E-state index contributed by atoms with van der Waals surface area (Å²) in [5.41, 5.74) is 0.932. The average molecular weight is 340 g/mol. The number of rotatable bonds is 5. The molecule has 1 aliphatic rings. The molecule has 1 atom stereocenters. The highest BCUT2D eigenvalue weighted by molar-refractivity contribution is 7.88. The second-order valence-electron chi connectivity index (χ2n) is 6.06. The Morgan fingerprint density at radius 2 is 2.22 bits per heavy atom. The Labute approximate surface area is 137 Å². The topological polar surface area (TPSA) is 82.6 Å². The second-order valence-corrected chi connectivity index (χ2v) is 8.04. The van der Waals surface area contributed by atoms with Crippen LogP contribution < -0.4 is 10.2 Å². The molecule has 0 radical (unpaired) electrons. The lowest BCUT2D eigenvalue weighted by molar-refractivity contribution is -0.126. The Hall–Kier alpha value is -1.67. The lowest BCUT2D eigenvalue weighted by Crippen LogP contribution is -2.44. The number of anilines is 1. The SMILES string of the molecule is CN(C)c1ncccc1CNC(=O)C1CCCN(S(C)(=O)=O)C1. The van der Waals surface area contributed by atoms with Gasteiger partial charge in [-0.1, -0.05) is 6.07 Å². The molecule has 1 N–H and O–H groups in total. The summed E-state index contributed by atoms with van der Waals surface area (Å²) in [5.74, 6) is 0.416. The maximum absolute atomic E-state index is 12.4. The molecule has 1 aromatic rings. The molecule has 8 heteroatoms. The van der Waals surface area contributed by atoms with Crippen LogP contribution in [0.1, 0.15) is 18.4 Å². The molecule has 1 aliphatic heterocycles. The molecule has 7 nitrogen and oxygen atoms in total. The van der Waals surface area contributed by atoms with Gasteiger partial charge in [-0.3, -0.25) is 4.79 Å². The third-order valence-corrected chi connectivity index (χ3v) is 5.24. The monoisotopic (exact) mass is 340 g/mol. The van der Waals surface area contributed by atoms with Crippen molar-refractivity contribution in [2.24, 2.45) is 5.92 Å². The van der Waals surface area contributed by atoms with E-state index < -0.39 is 10.0 Å². The third kappa shape index (κ3) is 4.65. The molecule has 1 saturated heterocycles. The highest BCUT2D eigenvalue weighted by Gasteiger charge is 2.30. The molecule has 0 aliphatic carbocycles. The Morgan fingerprint density at radius 3 is 2.87 bits per heavy atom. The molecule has 1 aromatic heterocycles. The first-order valence-electron chi connectivity index (χ1n) is 7.63. The number of amides is 1. The molecular formula is C15H24N4O3S. The van der Waals surface area contributed by atoms with Crippen molar-refractivity contribution in [3.05, 3.63) is 23.9 Å². The highest BCUT2D eigenvalue weighted by Crippen LogP contribution is 2.19. The quantitative estimate of drug-likeness (QED) is 0.841. The number of hydrogen-bond acceptors (Lipinski definition) is 5. The minimum Gasteiger partial charge on any atom is -0.362 e. The summed E-state index contributed by atoms with van der Waals surface area (Å²) in [6.45, 7) is 1.14. The minimum atomic E-state index is -3.24. The molecule has 2 heterocycles. The fourth-order valence-corrected chi connectivity index (χ4v) is 3.67. The summed E-state index contributed by atoms with van der Waals surface area (Å²) in [7, 11) is 0.562. The van der Waals surface area contributed by atoms with Gasteiger partial charge in [0.1, 0.15) is 5.82 Å². The first-order chi connectivity index (χ1) is 10.8. The van der Waals surface area contributed by atoms with Crippen LogP contribution in [0, 0.1) is 5.92 Å². The van der Waals surface area contributed by atoms with Crippen LogP contribution in [0.25, 0.3) is 0 Å². The number of nitrogens with zero attached hydrogens (tertiary/aromatic N) is 3. The van der Waals surface area contributed by atoms with Gasteiger partial charge in [0.05, 0.1) is 12.2 Å². The van der Waals surface area contributed by atoms with Crippen molar-refractivity contribution in [1.82, 2.24) is 14.6 Å². The van der Waals surface area contributed by atoms with Crippen LogP contribution in [0.15, 0.2) is 18.3 Å². The van der Waals surface area contributed by atoms with Crippen molar-refractivity contribution in [3.63, 3.8) is 0 Å². The van der Waals surface area contributed by atoms with E-state index in [2.05, 4.69) is 10.3 Å². The Morgan fingerprint density at radius 1 is 1.48 bits per heavy atom. The van der Waals surface area contributed by atoms with Gasteiger partial charge in [-0.15, -0.1) is 0 Å². The molecule has 1 amide bonds. The average Bonchev–Trinajstić information content (AvgIpc) is 2.52. The maximum atomic E-state index is 12.4. The van der Waals surface area contributed by atoms with Crippen LogP contribution in [0.5, 0.6) is 0 Å². The lowest BCUT2D eigenvalue weighted by atomic mass is 9.99. The number of carbonyl (C=O) groups is 1. The second kappa shape index (κ2) is 7.27. The molecule has 0 bridgehead atoms. The van der Waals surface area contributed by atoms with Crippen molar-refractivity contribution in [2.45, 2.75) is 19.4 Å². The van der Waals surface area contributed by atoms with Crippen LogP contribution in [0.4, 0.5) is 5.82 Å². The van der Waals surface area contributed by atoms with Gasteiger partial charge in [0.25, 0.3) is 0 Å². The van der Waals surface area contributed by atoms with E-state index in [-0.39, 0.29) is 18.4 Å². The number of sulfonamides is 1. The van der Waals surface area contributed by atoms with Crippen molar-refractivity contribution >= 4 is 21.7 Å². The van der Waals surface area contributed by atoms with E-state index in [1.807, 2.05) is 31.1 Å². The number of nitrogens with one attached hydrogen (secondary N) is 1. The van der Waals surface area contributed by atoms with E-state index in [0.717, 1.165) is 11.4 Å². The van der Waals surface area contributed by atoms with Crippen molar-refractivity contribution in [3.8, 4) is 0 Å². The molecule has 1 unspecified atom stereocenters. The van der Waals surface area contributed by atoms with E-state index in [9.17, 15) is 13.2 Å². The number of carbonyl (C=O) groups excluding carboxylic acids is 1. The van der Waals surface area contributed by atoms with Gasteiger partial charge in [0, 0.05) is 45.5 Å². The summed E-state index contributed by atoms with van der Waals surface area (Å²) in [4.78, 5) is 18.6. The van der Waals surface area contributed by atoms with Crippen LogP contribution in [-0.4, -0.2) is 57.1 Å². The number of pyridine rings is 1. The maximum Gasteiger partial charge on any atom is 0.224 e. The molecule has 23 heavy (non-hydrogen) atoms. The van der Waals surface area contributed by atoms with E-state index in [4.69, 9.17) is 0 Å². The molecule has 0 saturated carbocycles. The zero-order chi connectivity index (χ0) is 17.0. The summed E-state index contributed by atoms with van der Waals surface area (Å²) >= 11 is 0. The number of piperidine rings is 1. The van der Waals surface area contributed by atoms with Gasteiger partial charge >= 0.3 is 0 Å². The van der Waals surface area contributed by atoms with Crippen molar-refractivity contribution < 1.29 is 13.2 Å². The summed E-state index contributed by atoms with van der Waals surface area (Å²) in [6, 6.07) is 3.76. The fourth-order valence-electron chi connectivity index (χ4n) is 2.76. The fraction of sp³-hybridized carbons (Fsp3) is 0.600. The Kier molecular flexibility index (Phi) is 5.59. The van der Waals surface area contributed by atoms with Gasteiger partial charge in [0.15, 0.2) is 0 Å². The van der Waals surface area contributed by atoms with Gasteiger partial charge in [-0.2, -0.15) is 0 Å². The van der Waals surface area contributed by atoms with Crippen LogP contribution in [0.3, 0.4) is 0 Å². The zero-order valence-electron chi connectivity index (χ0n) is 13.8. The van der Waals surface area contributed by atoms with Gasteiger partial charge in [-0.25, -0.2) is 17.7 Å². The third-order valence-electron chi connectivity index (χ3n) is 3.97. The predicted molar refractivity (Wildman–Crippen MR) is 89.6 cm³/mol. The van der Waals surface area contributed by atoms with E-state index >= 15 is 0 Å². The molecule has 1 fully saturated rings. The van der Waals surface area contributed by atoms with Crippen LogP contribution >= 0.6 is 0 Å². The van der Waals surface area contributed by atoms with Gasteiger partial charge < -0.3 is 10.2 Å². The zero-order valence-corrected chi connectivity index (χ0v) is 14.6.